The first kappa shape index (κ1) is 16.4. The Morgan fingerprint density at radius 2 is 1.88 bits per heavy atom. The summed E-state index contributed by atoms with van der Waals surface area (Å²) in [6, 6.07) is 10.5. The van der Waals surface area contributed by atoms with Crippen molar-refractivity contribution in [1.29, 1.82) is 0 Å². The molecule has 134 valence electrons. The normalized spacial score (nSPS) is 18.3. The van der Waals surface area contributed by atoms with Gasteiger partial charge in [-0.25, -0.2) is 0 Å². The second-order valence-electron chi connectivity index (χ2n) is 6.64. The molecule has 0 spiro atoms. The molecule has 26 heavy (non-hydrogen) atoms. The zero-order valence-electron chi connectivity index (χ0n) is 14.7. The third-order valence-corrected chi connectivity index (χ3v) is 4.95. The van der Waals surface area contributed by atoms with E-state index < -0.39 is 6.04 Å². The second-order valence-corrected chi connectivity index (χ2v) is 6.64. The fourth-order valence-electron chi connectivity index (χ4n) is 3.24. The number of nitrogens with one attached hydrogen (secondary N) is 1. The van der Waals surface area contributed by atoms with Crippen LogP contribution in [0.1, 0.15) is 27.9 Å². The minimum absolute atomic E-state index is 0.0812. The highest BCUT2D eigenvalue weighted by molar-refractivity contribution is 6.04. The van der Waals surface area contributed by atoms with E-state index in [2.05, 4.69) is 5.32 Å². The maximum Gasteiger partial charge on any atom is 0.252 e. The molecule has 0 aromatic heterocycles. The molecule has 4 rings (SSSR count). The number of nitrogens with zero attached hydrogens (tertiary/aromatic N) is 1. The van der Waals surface area contributed by atoms with Crippen molar-refractivity contribution in [3.8, 4) is 11.5 Å². The van der Waals surface area contributed by atoms with E-state index >= 15 is 0 Å². The smallest absolute Gasteiger partial charge is 0.252 e. The maximum absolute atomic E-state index is 12.7. The van der Waals surface area contributed by atoms with E-state index in [0.717, 1.165) is 11.3 Å². The van der Waals surface area contributed by atoms with Crippen LogP contribution < -0.4 is 19.7 Å². The molecular formula is C20H20N2O4. The van der Waals surface area contributed by atoms with Crippen LogP contribution in [0.4, 0.5) is 5.69 Å². The lowest BCUT2D eigenvalue weighted by atomic mass is 10.1. The summed E-state index contributed by atoms with van der Waals surface area (Å²) in [5.41, 5.74) is 3.65. The monoisotopic (exact) mass is 352 g/mol. The van der Waals surface area contributed by atoms with Crippen LogP contribution in [0.3, 0.4) is 0 Å². The van der Waals surface area contributed by atoms with Crippen LogP contribution in [-0.4, -0.2) is 31.2 Å². The van der Waals surface area contributed by atoms with Crippen LogP contribution in [0, 0.1) is 13.8 Å². The first-order valence-electron chi connectivity index (χ1n) is 8.62. The molecule has 1 atom stereocenters. The molecule has 0 radical (unpaired) electrons. The summed E-state index contributed by atoms with van der Waals surface area (Å²) >= 11 is 0. The van der Waals surface area contributed by atoms with Crippen molar-refractivity contribution in [3.05, 3.63) is 53.1 Å². The lowest BCUT2D eigenvalue weighted by molar-refractivity contribution is -0.118. The van der Waals surface area contributed by atoms with Gasteiger partial charge in [-0.1, -0.05) is 6.07 Å². The molecule has 2 aliphatic rings. The lowest BCUT2D eigenvalue weighted by Crippen LogP contribution is -2.41. The van der Waals surface area contributed by atoms with Gasteiger partial charge in [0.15, 0.2) is 11.5 Å². The molecule has 6 nitrogen and oxygen atoms in total. The average molecular weight is 352 g/mol. The maximum atomic E-state index is 12.7. The molecule has 2 heterocycles. The molecule has 0 saturated carbocycles. The molecule has 2 aliphatic heterocycles. The van der Waals surface area contributed by atoms with Gasteiger partial charge in [0.05, 0.1) is 0 Å². The van der Waals surface area contributed by atoms with Crippen molar-refractivity contribution in [3.63, 3.8) is 0 Å². The Hall–Kier alpha value is -3.02. The highest BCUT2D eigenvalue weighted by atomic mass is 16.7. The molecule has 1 N–H and O–H groups in total. The summed E-state index contributed by atoms with van der Waals surface area (Å²) in [6.45, 7) is 4.82. The fourth-order valence-corrected chi connectivity index (χ4v) is 3.24. The first-order chi connectivity index (χ1) is 12.5. The molecule has 2 amide bonds. The van der Waals surface area contributed by atoms with Gasteiger partial charge in [-0.3, -0.25) is 9.59 Å². The average Bonchev–Trinajstić information content (AvgIpc) is 3.24. The van der Waals surface area contributed by atoms with Crippen molar-refractivity contribution >= 4 is 17.5 Å². The van der Waals surface area contributed by atoms with Gasteiger partial charge in [0.25, 0.3) is 5.91 Å². The Bertz CT molecular complexity index is 893. The summed E-state index contributed by atoms with van der Waals surface area (Å²) in [5.74, 6) is 0.803. The number of ether oxygens (including phenoxy) is 2. The summed E-state index contributed by atoms with van der Waals surface area (Å²) in [6.07, 6.45) is 0.585. The number of carbonyl (C=O) groups is 2. The molecule has 1 fully saturated rings. The topological polar surface area (TPSA) is 67.9 Å². The minimum Gasteiger partial charge on any atom is -0.454 e. The van der Waals surface area contributed by atoms with Crippen molar-refractivity contribution in [2.45, 2.75) is 26.3 Å². The number of fused-ring (bicyclic) bond motifs is 1. The number of carbonyl (C=O) groups excluding carboxylic acids is 2. The molecule has 2 aromatic carbocycles. The third-order valence-electron chi connectivity index (χ3n) is 4.95. The summed E-state index contributed by atoms with van der Waals surface area (Å²) in [5, 5.41) is 2.84. The van der Waals surface area contributed by atoms with Gasteiger partial charge < -0.3 is 19.7 Å². The van der Waals surface area contributed by atoms with Gasteiger partial charge >= 0.3 is 0 Å². The van der Waals surface area contributed by atoms with E-state index in [9.17, 15) is 9.59 Å². The summed E-state index contributed by atoms with van der Waals surface area (Å²) < 4.78 is 10.5. The quantitative estimate of drug-likeness (QED) is 0.922. The predicted octanol–water partition coefficient (Wildman–Crippen LogP) is 2.57. The number of anilines is 1. The van der Waals surface area contributed by atoms with Gasteiger partial charge in [-0.15, -0.1) is 0 Å². The highest BCUT2D eigenvalue weighted by Crippen LogP contribution is 2.32. The predicted molar refractivity (Wildman–Crippen MR) is 96.7 cm³/mol. The Labute approximate surface area is 151 Å². The number of benzene rings is 2. The van der Waals surface area contributed by atoms with Gasteiger partial charge in [-0.05, 0) is 61.7 Å². The van der Waals surface area contributed by atoms with E-state index in [1.807, 2.05) is 32.0 Å². The lowest BCUT2D eigenvalue weighted by Gasteiger charge is -2.18. The standard InChI is InChI=1S/C20H20N2O4/c1-12-3-5-15(9-13(12)2)22-8-7-16(20(22)24)21-19(23)14-4-6-17-18(10-14)26-11-25-17/h3-6,9-10,16H,7-8,11H2,1-2H3,(H,21,23)/t16-/m1/s1. The Morgan fingerprint density at radius 3 is 2.69 bits per heavy atom. The number of rotatable bonds is 3. The van der Waals surface area contributed by atoms with Crippen LogP contribution in [0.15, 0.2) is 36.4 Å². The van der Waals surface area contributed by atoms with Gasteiger partial charge in [-0.2, -0.15) is 0 Å². The van der Waals surface area contributed by atoms with E-state index in [0.29, 0.717) is 30.0 Å². The highest BCUT2D eigenvalue weighted by Gasteiger charge is 2.34. The molecule has 0 aliphatic carbocycles. The zero-order chi connectivity index (χ0) is 18.3. The first-order valence-corrected chi connectivity index (χ1v) is 8.62. The molecular weight excluding hydrogens is 332 g/mol. The van der Waals surface area contributed by atoms with Gasteiger partial charge in [0.1, 0.15) is 6.04 Å². The molecule has 1 saturated heterocycles. The number of amides is 2. The summed E-state index contributed by atoms with van der Waals surface area (Å²) in [7, 11) is 0. The molecule has 0 unspecified atom stereocenters. The Kier molecular flexibility index (Phi) is 4.03. The fraction of sp³-hybridized carbons (Fsp3) is 0.300. The summed E-state index contributed by atoms with van der Waals surface area (Å²) in [4.78, 5) is 27.0. The number of aryl methyl sites for hydroxylation is 2. The molecule has 6 heteroatoms. The van der Waals surface area contributed by atoms with E-state index in [1.165, 1.54) is 5.56 Å². The van der Waals surface area contributed by atoms with Crippen LogP contribution >= 0.6 is 0 Å². The number of hydrogen-bond acceptors (Lipinski definition) is 4. The van der Waals surface area contributed by atoms with E-state index in [1.54, 1.807) is 23.1 Å². The Morgan fingerprint density at radius 1 is 1.08 bits per heavy atom. The van der Waals surface area contributed by atoms with Crippen LogP contribution in [0.25, 0.3) is 0 Å². The number of hydrogen-bond donors (Lipinski definition) is 1. The van der Waals surface area contributed by atoms with Crippen molar-refractivity contribution in [2.24, 2.45) is 0 Å². The largest absolute Gasteiger partial charge is 0.454 e. The van der Waals surface area contributed by atoms with Crippen molar-refractivity contribution in [2.75, 3.05) is 18.2 Å². The van der Waals surface area contributed by atoms with Crippen LogP contribution in [0.5, 0.6) is 11.5 Å². The van der Waals surface area contributed by atoms with Crippen molar-refractivity contribution < 1.29 is 19.1 Å². The molecule has 2 aromatic rings. The van der Waals surface area contributed by atoms with Gasteiger partial charge in [0.2, 0.25) is 12.7 Å². The minimum atomic E-state index is -0.519. The van der Waals surface area contributed by atoms with Crippen LogP contribution in [0.2, 0.25) is 0 Å². The van der Waals surface area contributed by atoms with Crippen molar-refractivity contribution in [1.82, 2.24) is 5.32 Å². The SMILES string of the molecule is Cc1ccc(N2CC[C@@H](NC(=O)c3ccc4c(c3)OCO4)C2=O)cc1C. The van der Waals surface area contributed by atoms with E-state index in [4.69, 9.17) is 9.47 Å². The zero-order valence-corrected chi connectivity index (χ0v) is 14.7. The van der Waals surface area contributed by atoms with Gasteiger partial charge in [0, 0.05) is 17.8 Å². The third kappa shape index (κ3) is 2.87. The second kappa shape index (κ2) is 6.37. The van der Waals surface area contributed by atoms with E-state index in [-0.39, 0.29) is 18.6 Å². The Balaban J connectivity index is 1.46. The molecule has 0 bridgehead atoms. The van der Waals surface area contributed by atoms with Crippen LogP contribution in [-0.2, 0) is 4.79 Å².